The van der Waals surface area contributed by atoms with Crippen LogP contribution in [0.25, 0.3) is 0 Å². The topological polar surface area (TPSA) is 93.2 Å². The Morgan fingerprint density at radius 2 is 1.52 bits per heavy atom. The average Bonchev–Trinajstić information content (AvgIpc) is 2.96. The Hall–Kier alpha value is -2.58. The largest absolute Gasteiger partial charge is 0.379 e. The highest BCUT2D eigenvalue weighted by atomic mass is 16.5. The summed E-state index contributed by atoms with van der Waals surface area (Å²) in [5.74, 6) is 0.186. The zero-order valence-electron chi connectivity index (χ0n) is 25.5. The number of amides is 1. The first-order valence-corrected chi connectivity index (χ1v) is 15.0. The molecule has 2 rings (SSSR count). The van der Waals surface area contributed by atoms with Gasteiger partial charge < -0.3 is 19.3 Å². The van der Waals surface area contributed by atoms with Gasteiger partial charge in [0.25, 0.3) is 0 Å². The predicted octanol–water partition coefficient (Wildman–Crippen LogP) is 5.22. The molecule has 1 aromatic rings. The van der Waals surface area contributed by atoms with Crippen LogP contribution in [0.2, 0.25) is 0 Å². The molecule has 1 heterocycles. The van der Waals surface area contributed by atoms with Crippen molar-refractivity contribution in [3.8, 4) is 0 Å². The zero-order chi connectivity index (χ0) is 29.7. The molecule has 8 nitrogen and oxygen atoms in total. The lowest BCUT2D eigenvalue weighted by atomic mass is 9.78. The Labute approximate surface area is 240 Å². The van der Waals surface area contributed by atoms with Crippen LogP contribution in [0.3, 0.4) is 0 Å². The van der Waals surface area contributed by atoms with Gasteiger partial charge in [-0.3, -0.25) is 19.2 Å². The van der Waals surface area contributed by atoms with Gasteiger partial charge in [-0.1, -0.05) is 27.7 Å². The molecule has 0 aliphatic carbocycles. The van der Waals surface area contributed by atoms with Gasteiger partial charge in [0.2, 0.25) is 5.91 Å². The summed E-state index contributed by atoms with van der Waals surface area (Å²) in [5.41, 5.74) is 1.79. The zero-order valence-corrected chi connectivity index (χ0v) is 25.5. The highest BCUT2D eigenvalue weighted by Crippen LogP contribution is 2.30. The van der Waals surface area contributed by atoms with Gasteiger partial charge in [-0.05, 0) is 56.7 Å². The van der Waals surface area contributed by atoms with E-state index in [0.717, 1.165) is 18.5 Å². The van der Waals surface area contributed by atoms with E-state index in [2.05, 4.69) is 18.7 Å². The molecule has 3 atom stereocenters. The van der Waals surface area contributed by atoms with Crippen LogP contribution in [-0.2, 0) is 19.1 Å². The smallest absolute Gasteiger partial charge is 0.225 e. The fourth-order valence-electron chi connectivity index (χ4n) is 5.17. The number of hydrogen-bond acceptors (Lipinski definition) is 7. The standard InChI is InChI=1S/C32H50N2O6/c1-7-9-28(36)12-10-23(3)24(4)25(5)32(38)30-22-27(11-13-29(30)26(6)35)33-15-17-34(18-16-33)31(37)14-19-40-21-20-39-8-2/h11,13,22-25H,7-10,12,14-21H2,1-6H3. The molecule has 0 saturated carbocycles. The first-order chi connectivity index (χ1) is 19.1. The Balaban J connectivity index is 2.01. The number of ketones is 3. The Kier molecular flexibility index (Phi) is 14.5. The van der Waals surface area contributed by atoms with E-state index in [1.807, 2.05) is 37.8 Å². The minimum atomic E-state index is -0.283. The van der Waals surface area contributed by atoms with Crippen LogP contribution in [0.1, 0.15) is 94.4 Å². The molecule has 0 spiro atoms. The number of hydrogen-bond donors (Lipinski definition) is 0. The summed E-state index contributed by atoms with van der Waals surface area (Å²) in [6, 6.07) is 5.50. The molecule has 40 heavy (non-hydrogen) atoms. The number of benzene rings is 1. The van der Waals surface area contributed by atoms with Crippen molar-refractivity contribution in [3.05, 3.63) is 29.3 Å². The quantitative estimate of drug-likeness (QED) is 0.180. The second kappa shape index (κ2) is 17.3. The van der Waals surface area contributed by atoms with Crippen molar-refractivity contribution in [2.45, 2.75) is 73.6 Å². The van der Waals surface area contributed by atoms with Crippen LogP contribution in [-0.4, -0.2) is 80.8 Å². The van der Waals surface area contributed by atoms with E-state index in [9.17, 15) is 19.2 Å². The summed E-state index contributed by atoms with van der Waals surface area (Å²) >= 11 is 0. The summed E-state index contributed by atoms with van der Waals surface area (Å²) in [5, 5.41) is 0. The third-order valence-corrected chi connectivity index (χ3v) is 8.19. The average molecular weight is 559 g/mol. The van der Waals surface area contributed by atoms with Crippen molar-refractivity contribution in [2.75, 3.05) is 57.5 Å². The first-order valence-electron chi connectivity index (χ1n) is 15.0. The molecule has 0 N–H and O–H groups in total. The SMILES string of the molecule is CCCC(=O)CCC(C)C(C)C(C)C(=O)c1cc(N2CCN(C(=O)CCOCCOCC)CC2)ccc1C(C)=O. The van der Waals surface area contributed by atoms with Crippen LogP contribution in [0, 0.1) is 17.8 Å². The van der Waals surface area contributed by atoms with Crippen molar-refractivity contribution >= 4 is 28.9 Å². The molecule has 3 unspecified atom stereocenters. The van der Waals surface area contributed by atoms with E-state index < -0.39 is 0 Å². The highest BCUT2D eigenvalue weighted by Gasteiger charge is 2.29. The van der Waals surface area contributed by atoms with Crippen molar-refractivity contribution in [1.82, 2.24) is 4.90 Å². The molecule has 1 aromatic carbocycles. The summed E-state index contributed by atoms with van der Waals surface area (Å²) in [7, 11) is 0. The molecular weight excluding hydrogens is 508 g/mol. The number of carbonyl (C=O) groups is 4. The summed E-state index contributed by atoms with van der Waals surface area (Å²) in [6.45, 7) is 16.1. The lowest BCUT2D eigenvalue weighted by Crippen LogP contribution is -2.49. The lowest BCUT2D eigenvalue weighted by Gasteiger charge is -2.36. The molecular formula is C32H50N2O6. The van der Waals surface area contributed by atoms with Crippen molar-refractivity contribution < 1.29 is 28.7 Å². The number of ether oxygens (including phenoxy) is 2. The van der Waals surface area contributed by atoms with Gasteiger partial charge in [0, 0.05) is 68.4 Å². The van der Waals surface area contributed by atoms with Gasteiger partial charge in [-0.15, -0.1) is 0 Å². The first kappa shape index (κ1) is 33.6. The third kappa shape index (κ3) is 10.1. The predicted molar refractivity (Wildman–Crippen MR) is 158 cm³/mol. The number of Topliss-reactive ketones (excluding diaryl/α,β-unsaturated/α-hetero) is 3. The lowest BCUT2D eigenvalue weighted by molar-refractivity contribution is -0.132. The van der Waals surface area contributed by atoms with E-state index in [1.165, 1.54) is 6.92 Å². The van der Waals surface area contributed by atoms with Gasteiger partial charge in [-0.2, -0.15) is 0 Å². The van der Waals surface area contributed by atoms with Gasteiger partial charge in [0.05, 0.1) is 26.2 Å². The molecule has 1 aliphatic rings. The number of carbonyl (C=O) groups excluding carboxylic acids is 4. The van der Waals surface area contributed by atoms with Crippen molar-refractivity contribution in [2.24, 2.45) is 17.8 Å². The van der Waals surface area contributed by atoms with Crippen LogP contribution >= 0.6 is 0 Å². The molecule has 1 fully saturated rings. The molecule has 0 aromatic heterocycles. The molecule has 224 valence electrons. The van der Waals surface area contributed by atoms with Gasteiger partial charge in [0.1, 0.15) is 5.78 Å². The normalized spacial score (nSPS) is 15.9. The molecule has 0 radical (unpaired) electrons. The highest BCUT2D eigenvalue weighted by molar-refractivity contribution is 6.09. The van der Waals surface area contributed by atoms with Crippen molar-refractivity contribution in [1.29, 1.82) is 0 Å². The Morgan fingerprint density at radius 3 is 2.15 bits per heavy atom. The Morgan fingerprint density at radius 1 is 0.850 bits per heavy atom. The maximum absolute atomic E-state index is 13.7. The molecule has 1 amide bonds. The second-order valence-corrected chi connectivity index (χ2v) is 11.0. The van der Waals surface area contributed by atoms with Crippen molar-refractivity contribution in [3.63, 3.8) is 0 Å². The fourth-order valence-corrected chi connectivity index (χ4v) is 5.17. The van der Waals surface area contributed by atoms with Crippen LogP contribution in [0.15, 0.2) is 18.2 Å². The summed E-state index contributed by atoms with van der Waals surface area (Å²) < 4.78 is 10.7. The van der Waals surface area contributed by atoms with Gasteiger partial charge >= 0.3 is 0 Å². The minimum Gasteiger partial charge on any atom is -0.379 e. The van der Waals surface area contributed by atoms with Crippen LogP contribution in [0.5, 0.6) is 0 Å². The number of anilines is 1. The fraction of sp³-hybridized carbons (Fsp3) is 0.688. The maximum Gasteiger partial charge on any atom is 0.225 e. The van der Waals surface area contributed by atoms with Crippen LogP contribution in [0.4, 0.5) is 5.69 Å². The summed E-state index contributed by atoms with van der Waals surface area (Å²) in [4.78, 5) is 54.8. The molecule has 8 heteroatoms. The molecule has 1 aliphatic heterocycles. The van der Waals surface area contributed by atoms with E-state index in [-0.39, 0.29) is 41.0 Å². The number of nitrogens with zero attached hydrogens (tertiary/aromatic N) is 2. The second-order valence-electron chi connectivity index (χ2n) is 11.0. The van der Waals surface area contributed by atoms with Gasteiger partial charge in [0.15, 0.2) is 11.6 Å². The van der Waals surface area contributed by atoms with E-state index in [0.29, 0.717) is 83.0 Å². The maximum atomic E-state index is 13.7. The number of rotatable bonds is 18. The molecule has 1 saturated heterocycles. The monoisotopic (exact) mass is 558 g/mol. The van der Waals surface area contributed by atoms with E-state index in [4.69, 9.17) is 9.47 Å². The van der Waals surface area contributed by atoms with E-state index >= 15 is 0 Å². The minimum absolute atomic E-state index is 0.0376. The summed E-state index contributed by atoms with van der Waals surface area (Å²) in [6.07, 6.45) is 3.12. The third-order valence-electron chi connectivity index (χ3n) is 8.19. The van der Waals surface area contributed by atoms with E-state index in [1.54, 1.807) is 6.07 Å². The number of piperazine rings is 1. The molecule has 0 bridgehead atoms. The Bertz CT molecular complexity index is 986. The van der Waals surface area contributed by atoms with Gasteiger partial charge in [-0.25, -0.2) is 0 Å². The van der Waals surface area contributed by atoms with Crippen LogP contribution < -0.4 is 4.90 Å².